The molecule has 0 atom stereocenters. The lowest BCUT2D eigenvalue weighted by molar-refractivity contribution is 0.260. The van der Waals surface area contributed by atoms with E-state index in [1.807, 2.05) is 18.5 Å². The first-order valence-corrected chi connectivity index (χ1v) is 9.37. The number of benzene rings is 1. The molecule has 0 aliphatic carbocycles. The van der Waals surface area contributed by atoms with Crippen molar-refractivity contribution in [2.24, 2.45) is 0 Å². The van der Waals surface area contributed by atoms with Crippen LogP contribution in [-0.2, 0) is 10.0 Å². The first kappa shape index (κ1) is 16.9. The van der Waals surface area contributed by atoms with Crippen LogP contribution in [0.5, 0.6) is 5.75 Å². The molecule has 0 radical (unpaired) electrons. The summed E-state index contributed by atoms with van der Waals surface area (Å²) in [6, 6.07) is 3.56. The van der Waals surface area contributed by atoms with Gasteiger partial charge in [0.1, 0.15) is 18.4 Å². The summed E-state index contributed by atoms with van der Waals surface area (Å²) >= 11 is 0. The van der Waals surface area contributed by atoms with Gasteiger partial charge < -0.3 is 4.74 Å². The SMILES string of the molecule is COc1ccc(S(=O)(=O)N2CCC(n3cncn3)CC2)c(C)c1C. The zero-order valence-corrected chi connectivity index (χ0v) is 15.0. The van der Waals surface area contributed by atoms with Crippen LogP contribution in [0.3, 0.4) is 0 Å². The monoisotopic (exact) mass is 350 g/mol. The van der Waals surface area contributed by atoms with Crippen LogP contribution in [0.2, 0.25) is 0 Å². The average molecular weight is 350 g/mol. The van der Waals surface area contributed by atoms with Crippen molar-refractivity contribution in [3.8, 4) is 5.75 Å². The van der Waals surface area contributed by atoms with Crippen LogP contribution >= 0.6 is 0 Å². The van der Waals surface area contributed by atoms with Gasteiger partial charge >= 0.3 is 0 Å². The molecule has 0 amide bonds. The Labute approximate surface area is 142 Å². The van der Waals surface area contributed by atoms with E-state index < -0.39 is 10.0 Å². The van der Waals surface area contributed by atoms with Crippen LogP contribution in [-0.4, -0.2) is 47.7 Å². The van der Waals surface area contributed by atoms with Gasteiger partial charge in [-0.2, -0.15) is 9.40 Å². The standard InChI is InChI=1S/C16H22N4O3S/c1-12-13(2)16(5-4-15(12)23-3)24(21,22)19-8-6-14(7-9-19)20-11-17-10-18-20/h4-5,10-11,14H,6-9H2,1-3H3. The summed E-state index contributed by atoms with van der Waals surface area (Å²) in [6.07, 6.45) is 4.66. The van der Waals surface area contributed by atoms with Crippen molar-refractivity contribution in [1.29, 1.82) is 0 Å². The summed E-state index contributed by atoms with van der Waals surface area (Å²) in [5, 5.41) is 4.15. The van der Waals surface area contributed by atoms with E-state index in [1.54, 1.807) is 29.9 Å². The highest BCUT2D eigenvalue weighted by Gasteiger charge is 2.31. The third-order valence-electron chi connectivity index (χ3n) is 4.76. The van der Waals surface area contributed by atoms with Crippen molar-refractivity contribution in [1.82, 2.24) is 19.1 Å². The van der Waals surface area contributed by atoms with Gasteiger partial charge in [0, 0.05) is 13.1 Å². The maximum absolute atomic E-state index is 13.0. The molecule has 0 bridgehead atoms. The first-order chi connectivity index (χ1) is 11.4. The van der Waals surface area contributed by atoms with Crippen LogP contribution in [0, 0.1) is 13.8 Å². The van der Waals surface area contributed by atoms with E-state index in [9.17, 15) is 8.42 Å². The number of hydrogen-bond acceptors (Lipinski definition) is 5. The van der Waals surface area contributed by atoms with E-state index in [1.165, 1.54) is 6.33 Å². The van der Waals surface area contributed by atoms with Gasteiger partial charge in [-0.1, -0.05) is 0 Å². The van der Waals surface area contributed by atoms with Gasteiger partial charge in [-0.05, 0) is 49.9 Å². The van der Waals surface area contributed by atoms with Gasteiger partial charge in [0.2, 0.25) is 10.0 Å². The smallest absolute Gasteiger partial charge is 0.243 e. The van der Waals surface area contributed by atoms with E-state index >= 15 is 0 Å². The van der Waals surface area contributed by atoms with E-state index in [2.05, 4.69) is 10.1 Å². The molecule has 3 rings (SSSR count). The Bertz CT molecular complexity index is 810. The first-order valence-electron chi connectivity index (χ1n) is 7.93. The molecule has 130 valence electrons. The second-order valence-corrected chi connectivity index (χ2v) is 7.93. The number of hydrogen-bond donors (Lipinski definition) is 0. The average Bonchev–Trinajstić information content (AvgIpc) is 3.12. The van der Waals surface area contributed by atoms with E-state index in [-0.39, 0.29) is 6.04 Å². The predicted molar refractivity (Wildman–Crippen MR) is 89.5 cm³/mol. The fraction of sp³-hybridized carbons (Fsp3) is 0.500. The van der Waals surface area contributed by atoms with E-state index in [0.717, 1.165) is 24.0 Å². The molecule has 2 heterocycles. The number of methoxy groups -OCH3 is 1. The number of piperidine rings is 1. The van der Waals surface area contributed by atoms with Gasteiger partial charge in [0.05, 0.1) is 18.0 Å². The maximum atomic E-state index is 13.0. The molecule has 1 aliphatic heterocycles. The summed E-state index contributed by atoms with van der Waals surface area (Å²) in [5.41, 5.74) is 1.60. The van der Waals surface area contributed by atoms with Crippen molar-refractivity contribution in [3.05, 3.63) is 35.9 Å². The molecule has 0 N–H and O–H groups in total. The van der Waals surface area contributed by atoms with Crippen LogP contribution in [0.25, 0.3) is 0 Å². The molecule has 0 unspecified atom stereocenters. The quantitative estimate of drug-likeness (QED) is 0.842. The normalized spacial score (nSPS) is 17.1. The molecule has 1 saturated heterocycles. The Balaban J connectivity index is 1.81. The largest absolute Gasteiger partial charge is 0.496 e. The number of ether oxygens (including phenoxy) is 1. The van der Waals surface area contributed by atoms with Gasteiger partial charge in [-0.3, -0.25) is 0 Å². The van der Waals surface area contributed by atoms with Gasteiger partial charge in [0.15, 0.2) is 0 Å². The molecular weight excluding hydrogens is 328 g/mol. The minimum Gasteiger partial charge on any atom is -0.496 e. The van der Waals surface area contributed by atoms with Crippen LogP contribution in [0.4, 0.5) is 0 Å². The molecule has 0 spiro atoms. The summed E-state index contributed by atoms with van der Waals surface area (Å²) in [5.74, 6) is 0.705. The second-order valence-electron chi connectivity index (χ2n) is 6.03. The van der Waals surface area contributed by atoms with E-state index in [0.29, 0.717) is 23.7 Å². The number of sulfonamides is 1. The summed E-state index contributed by atoms with van der Waals surface area (Å²) in [6.45, 7) is 4.67. The van der Waals surface area contributed by atoms with Crippen molar-refractivity contribution in [2.45, 2.75) is 37.6 Å². The lowest BCUT2D eigenvalue weighted by Crippen LogP contribution is -2.39. The Morgan fingerprint density at radius 1 is 1.17 bits per heavy atom. The summed E-state index contributed by atoms with van der Waals surface area (Å²) < 4.78 is 34.7. The molecular formula is C16H22N4O3S. The number of rotatable bonds is 4. The Kier molecular flexibility index (Phi) is 4.60. The predicted octanol–water partition coefficient (Wildman–Crippen LogP) is 1.93. The van der Waals surface area contributed by atoms with Gasteiger partial charge in [0.25, 0.3) is 0 Å². The number of nitrogens with zero attached hydrogens (tertiary/aromatic N) is 4. The molecule has 1 aromatic heterocycles. The highest BCUT2D eigenvalue weighted by Crippen LogP contribution is 2.31. The second kappa shape index (κ2) is 6.52. The van der Waals surface area contributed by atoms with Crippen molar-refractivity contribution in [3.63, 3.8) is 0 Å². The third-order valence-corrected chi connectivity index (χ3v) is 6.80. The topological polar surface area (TPSA) is 77.3 Å². The molecule has 8 heteroatoms. The highest BCUT2D eigenvalue weighted by molar-refractivity contribution is 7.89. The van der Waals surface area contributed by atoms with Crippen molar-refractivity contribution >= 4 is 10.0 Å². The summed E-state index contributed by atoms with van der Waals surface area (Å²) in [7, 11) is -1.91. The maximum Gasteiger partial charge on any atom is 0.243 e. The fourth-order valence-electron chi connectivity index (χ4n) is 3.16. The Morgan fingerprint density at radius 2 is 1.88 bits per heavy atom. The minimum atomic E-state index is -3.50. The lowest BCUT2D eigenvalue weighted by atomic mass is 10.1. The molecule has 1 aromatic carbocycles. The molecule has 1 fully saturated rings. The Hall–Kier alpha value is -1.93. The third kappa shape index (κ3) is 2.91. The molecule has 2 aromatic rings. The molecule has 1 aliphatic rings. The summed E-state index contributed by atoms with van der Waals surface area (Å²) in [4.78, 5) is 4.32. The molecule has 7 nitrogen and oxygen atoms in total. The van der Waals surface area contributed by atoms with Crippen molar-refractivity contribution in [2.75, 3.05) is 20.2 Å². The van der Waals surface area contributed by atoms with E-state index in [4.69, 9.17) is 4.74 Å². The Morgan fingerprint density at radius 3 is 2.46 bits per heavy atom. The van der Waals surface area contributed by atoms with Crippen LogP contribution < -0.4 is 4.74 Å². The minimum absolute atomic E-state index is 0.206. The van der Waals surface area contributed by atoms with Crippen LogP contribution in [0.1, 0.15) is 30.0 Å². The molecule has 0 saturated carbocycles. The number of aromatic nitrogens is 3. The zero-order chi connectivity index (χ0) is 17.3. The van der Waals surface area contributed by atoms with Gasteiger partial charge in [-0.15, -0.1) is 0 Å². The highest BCUT2D eigenvalue weighted by atomic mass is 32.2. The van der Waals surface area contributed by atoms with Gasteiger partial charge in [-0.25, -0.2) is 18.1 Å². The fourth-order valence-corrected chi connectivity index (χ4v) is 4.91. The van der Waals surface area contributed by atoms with Crippen molar-refractivity contribution < 1.29 is 13.2 Å². The molecule has 24 heavy (non-hydrogen) atoms. The lowest BCUT2D eigenvalue weighted by Gasteiger charge is -2.31. The van der Waals surface area contributed by atoms with Crippen LogP contribution in [0.15, 0.2) is 29.7 Å². The zero-order valence-electron chi connectivity index (χ0n) is 14.1.